The van der Waals surface area contributed by atoms with Crippen LogP contribution in [0.3, 0.4) is 0 Å². The third-order valence-corrected chi connectivity index (χ3v) is 4.17. The van der Waals surface area contributed by atoms with Gasteiger partial charge in [-0.15, -0.1) is 11.3 Å². The highest BCUT2D eigenvalue weighted by molar-refractivity contribution is 7.09. The van der Waals surface area contributed by atoms with E-state index in [1.807, 2.05) is 5.38 Å². The van der Waals surface area contributed by atoms with E-state index in [1.165, 1.54) is 16.2 Å². The van der Waals surface area contributed by atoms with E-state index in [1.54, 1.807) is 30.5 Å². The molecule has 0 saturated heterocycles. The van der Waals surface area contributed by atoms with Crippen LogP contribution in [0.4, 0.5) is 10.5 Å². The molecule has 2 amide bonds. The molecule has 108 valence electrons. The van der Waals surface area contributed by atoms with Crippen LogP contribution in [0.2, 0.25) is 0 Å². The van der Waals surface area contributed by atoms with E-state index in [4.69, 9.17) is 0 Å². The maximum atomic E-state index is 12.3. The van der Waals surface area contributed by atoms with Gasteiger partial charge < -0.3 is 10.4 Å². The number of fused-ring (bicyclic) bond motifs is 1. The molecule has 0 spiro atoms. The maximum Gasteiger partial charge on any atom is 0.322 e. The molecule has 1 aliphatic heterocycles. The minimum atomic E-state index is -0.919. The van der Waals surface area contributed by atoms with E-state index in [0.29, 0.717) is 17.8 Å². The molecule has 3 rings (SSSR count). The molecule has 0 radical (unpaired) electrons. The number of carbonyl (C=O) groups is 2. The molecule has 7 heteroatoms. The highest BCUT2D eigenvalue weighted by Gasteiger charge is 2.36. The van der Waals surface area contributed by atoms with Crippen molar-refractivity contribution < 1.29 is 14.7 Å². The number of aliphatic carboxylic acids is 1. The number of carboxylic acids is 1. The van der Waals surface area contributed by atoms with E-state index >= 15 is 0 Å². The number of hydrogen-bond acceptors (Lipinski definition) is 4. The van der Waals surface area contributed by atoms with Crippen LogP contribution < -0.4 is 10.2 Å². The minimum Gasteiger partial charge on any atom is -0.481 e. The number of rotatable bonds is 3. The molecule has 1 aromatic heterocycles. The second-order valence-corrected chi connectivity index (χ2v) is 5.62. The van der Waals surface area contributed by atoms with Crippen molar-refractivity contribution in [1.82, 2.24) is 10.3 Å². The first-order chi connectivity index (χ1) is 10.2. The van der Waals surface area contributed by atoms with Gasteiger partial charge >= 0.3 is 12.0 Å². The number of carboxylic acid groups (broad SMARTS) is 1. The largest absolute Gasteiger partial charge is 0.481 e. The van der Waals surface area contributed by atoms with E-state index in [9.17, 15) is 14.7 Å². The van der Waals surface area contributed by atoms with Gasteiger partial charge in [-0.05, 0) is 11.6 Å². The Hall–Kier alpha value is -2.41. The summed E-state index contributed by atoms with van der Waals surface area (Å²) in [5.41, 5.74) is 1.33. The van der Waals surface area contributed by atoms with Gasteiger partial charge in [0.15, 0.2) is 0 Å². The van der Waals surface area contributed by atoms with Gasteiger partial charge in [0.05, 0.1) is 6.54 Å². The van der Waals surface area contributed by atoms with Crippen molar-refractivity contribution in [3.8, 4) is 0 Å². The van der Waals surface area contributed by atoms with Crippen molar-refractivity contribution >= 4 is 29.0 Å². The average molecular weight is 303 g/mol. The van der Waals surface area contributed by atoms with Crippen LogP contribution in [0.25, 0.3) is 0 Å². The lowest BCUT2D eigenvalue weighted by molar-refractivity contribution is -0.138. The highest BCUT2D eigenvalue weighted by Crippen LogP contribution is 2.36. The molecule has 1 aromatic carbocycles. The maximum absolute atomic E-state index is 12.3. The number of anilines is 1. The quantitative estimate of drug-likeness (QED) is 0.909. The Balaban J connectivity index is 1.76. The first-order valence-corrected chi connectivity index (χ1v) is 7.30. The smallest absolute Gasteiger partial charge is 0.322 e. The van der Waals surface area contributed by atoms with Crippen LogP contribution in [0.5, 0.6) is 0 Å². The Labute approximate surface area is 125 Å². The first kappa shape index (κ1) is 13.6. The number of hydrogen-bond donors (Lipinski definition) is 2. The summed E-state index contributed by atoms with van der Waals surface area (Å²) in [7, 11) is 0. The lowest BCUT2D eigenvalue weighted by atomic mass is 10.0. The lowest BCUT2D eigenvalue weighted by Gasteiger charge is -2.17. The Bertz CT molecular complexity index is 672. The molecule has 0 bridgehead atoms. The standard InChI is InChI=1S/C14H13N3O3S/c18-13(19)10-8-17(11-4-2-1-3-9(10)11)14(20)16-7-12-15-5-6-21-12/h1-6,10H,7-8H2,(H,16,20)(H,18,19). The van der Waals surface area contributed by atoms with Crippen molar-refractivity contribution in [2.75, 3.05) is 11.4 Å². The van der Waals surface area contributed by atoms with E-state index in [-0.39, 0.29) is 12.6 Å². The monoisotopic (exact) mass is 303 g/mol. The summed E-state index contributed by atoms with van der Waals surface area (Å²) in [5, 5.41) is 14.7. The number of thiazole rings is 1. The number of para-hydroxylation sites is 1. The predicted octanol–water partition coefficient (Wildman–Crippen LogP) is 2.04. The summed E-state index contributed by atoms with van der Waals surface area (Å²) >= 11 is 1.46. The average Bonchev–Trinajstić information content (AvgIpc) is 3.12. The Morgan fingerprint density at radius 1 is 1.43 bits per heavy atom. The summed E-state index contributed by atoms with van der Waals surface area (Å²) in [5.74, 6) is -1.59. The van der Waals surface area contributed by atoms with Crippen molar-refractivity contribution in [2.24, 2.45) is 0 Å². The molecule has 0 fully saturated rings. The topological polar surface area (TPSA) is 82.5 Å². The molecule has 1 atom stereocenters. The number of carbonyl (C=O) groups excluding carboxylic acids is 1. The molecule has 0 saturated carbocycles. The summed E-state index contributed by atoms with van der Waals surface area (Å²) in [4.78, 5) is 29.1. The third kappa shape index (κ3) is 2.59. The van der Waals surface area contributed by atoms with Crippen LogP contribution in [0, 0.1) is 0 Å². The Kier molecular flexibility index (Phi) is 3.57. The van der Waals surface area contributed by atoms with Crippen LogP contribution in [-0.4, -0.2) is 28.6 Å². The van der Waals surface area contributed by atoms with Gasteiger partial charge in [0.25, 0.3) is 0 Å². The van der Waals surface area contributed by atoms with Gasteiger partial charge in [-0.3, -0.25) is 9.69 Å². The lowest BCUT2D eigenvalue weighted by Crippen LogP contribution is -2.39. The molecule has 1 unspecified atom stereocenters. The number of nitrogens with zero attached hydrogens (tertiary/aromatic N) is 2. The zero-order valence-corrected chi connectivity index (χ0v) is 11.8. The summed E-state index contributed by atoms with van der Waals surface area (Å²) in [6.45, 7) is 0.491. The first-order valence-electron chi connectivity index (χ1n) is 6.42. The molecule has 0 aliphatic carbocycles. The fourth-order valence-corrected chi connectivity index (χ4v) is 2.95. The van der Waals surface area contributed by atoms with Crippen molar-refractivity contribution in [3.63, 3.8) is 0 Å². The zero-order chi connectivity index (χ0) is 14.8. The van der Waals surface area contributed by atoms with Crippen molar-refractivity contribution in [3.05, 3.63) is 46.4 Å². The van der Waals surface area contributed by atoms with E-state index < -0.39 is 11.9 Å². The molecule has 2 aromatic rings. The molecule has 2 heterocycles. The Morgan fingerprint density at radius 3 is 2.95 bits per heavy atom. The molecule has 2 N–H and O–H groups in total. The van der Waals surface area contributed by atoms with Gasteiger partial charge in [-0.25, -0.2) is 9.78 Å². The molecule has 6 nitrogen and oxygen atoms in total. The van der Waals surface area contributed by atoms with Crippen molar-refractivity contribution in [1.29, 1.82) is 0 Å². The van der Waals surface area contributed by atoms with Gasteiger partial charge in [0.1, 0.15) is 10.9 Å². The van der Waals surface area contributed by atoms with Crippen LogP contribution in [0.1, 0.15) is 16.5 Å². The van der Waals surface area contributed by atoms with Gasteiger partial charge in [-0.2, -0.15) is 0 Å². The van der Waals surface area contributed by atoms with Crippen LogP contribution in [0.15, 0.2) is 35.8 Å². The summed E-state index contributed by atoms with van der Waals surface area (Å²) in [6.07, 6.45) is 1.68. The van der Waals surface area contributed by atoms with Gasteiger partial charge in [0, 0.05) is 23.8 Å². The molecule has 21 heavy (non-hydrogen) atoms. The molecular weight excluding hydrogens is 290 g/mol. The van der Waals surface area contributed by atoms with E-state index in [0.717, 1.165) is 5.01 Å². The SMILES string of the molecule is O=C(O)C1CN(C(=O)NCc2nccs2)c2ccccc21. The fraction of sp³-hybridized carbons (Fsp3) is 0.214. The van der Waals surface area contributed by atoms with Crippen molar-refractivity contribution in [2.45, 2.75) is 12.5 Å². The number of benzene rings is 1. The minimum absolute atomic E-state index is 0.151. The number of nitrogens with one attached hydrogen (secondary N) is 1. The molecular formula is C14H13N3O3S. The third-order valence-electron chi connectivity index (χ3n) is 3.39. The Morgan fingerprint density at radius 2 is 2.24 bits per heavy atom. The van der Waals surface area contributed by atoms with Gasteiger partial charge in [0.2, 0.25) is 0 Å². The second-order valence-electron chi connectivity index (χ2n) is 4.64. The fourth-order valence-electron chi connectivity index (χ4n) is 2.40. The highest BCUT2D eigenvalue weighted by atomic mass is 32.1. The summed E-state index contributed by atoms with van der Waals surface area (Å²) in [6, 6.07) is 6.79. The number of amides is 2. The number of urea groups is 1. The van der Waals surface area contributed by atoms with Crippen LogP contribution >= 0.6 is 11.3 Å². The van der Waals surface area contributed by atoms with Crippen LogP contribution in [-0.2, 0) is 11.3 Å². The number of aromatic nitrogens is 1. The summed E-state index contributed by atoms with van der Waals surface area (Å²) < 4.78 is 0. The molecule has 1 aliphatic rings. The van der Waals surface area contributed by atoms with E-state index in [2.05, 4.69) is 10.3 Å². The second kappa shape index (κ2) is 5.53. The van der Waals surface area contributed by atoms with Gasteiger partial charge in [-0.1, -0.05) is 18.2 Å². The predicted molar refractivity (Wildman–Crippen MR) is 78.5 cm³/mol. The normalized spacial score (nSPS) is 16.6. The zero-order valence-electron chi connectivity index (χ0n) is 11.0.